The molecule has 0 bridgehead atoms. The summed E-state index contributed by atoms with van der Waals surface area (Å²) in [7, 11) is 0. The standard InChI is InChI=1S/3C36H22O.C32H20O/c1-2-12-25-23(10-1)11-9-18-27(25)36-30-16-5-3-14-28(30)35(29-15-4-6-17-31(29)36)24-20-21-34-32(22-24)26-13-7-8-19-33(26)37-34;1-2-12-23(13-3-1)33-26-16-6-8-18-28(26)34(29-19-9-7-17-27(29)33)31-22-24-14-4-5-15-25(24)36-35(31)30-20-10-11-21-32(30)37-36;1-2-10-23(11-3-1)35-27-14-6-8-16-29(27)36(30-17-9-7-15-28(30)35)26-18-19-33-31(21-26)32-20-24-12-4-5-13-25(24)22-34(32)37-33;1-2-10-21(11-3-1)31-24-13-4-6-15-26(24)32(27-16-7-5-14-25(27)31)22-18-19-30-28(20-22)23-12-8-9-17-29(23)33-30/h3*1-22H;1-20H. The van der Waals surface area contributed by atoms with Crippen molar-refractivity contribution in [2.45, 2.75) is 0 Å². The van der Waals surface area contributed by atoms with Crippen LogP contribution in [0, 0.1) is 0 Å². The molecule has 0 saturated carbocycles. The number of benzene rings is 27. The molecule has 0 aliphatic heterocycles. The van der Waals surface area contributed by atoms with E-state index in [1.165, 1.54) is 208 Å². The highest BCUT2D eigenvalue weighted by Crippen LogP contribution is 2.54. The van der Waals surface area contributed by atoms with E-state index >= 15 is 0 Å². The highest BCUT2D eigenvalue weighted by atomic mass is 16.3. The zero-order valence-electron chi connectivity index (χ0n) is 78.3. The van der Waals surface area contributed by atoms with Crippen molar-refractivity contribution in [1.29, 1.82) is 0 Å². The Kier molecular flexibility index (Phi) is 20.0. The number of para-hydroxylation sites is 3. The Labute approximate surface area is 828 Å². The predicted octanol–water partition coefficient (Wildman–Crippen LogP) is 40.4. The maximum absolute atomic E-state index is 6.55. The average Bonchev–Trinajstić information content (AvgIpc) is 1.41. The summed E-state index contributed by atoms with van der Waals surface area (Å²) in [6.45, 7) is 0. The molecule has 0 unspecified atom stereocenters. The first-order valence-electron chi connectivity index (χ1n) is 49.4. The molecule has 144 heavy (non-hydrogen) atoms. The first kappa shape index (κ1) is 83.2. The van der Waals surface area contributed by atoms with E-state index in [9.17, 15) is 0 Å². The molecule has 0 N–H and O–H groups in total. The maximum atomic E-state index is 6.55. The van der Waals surface area contributed by atoms with Crippen molar-refractivity contribution < 1.29 is 17.7 Å². The van der Waals surface area contributed by atoms with E-state index in [1.54, 1.807) is 0 Å². The molecule has 4 nitrogen and oxygen atoms in total. The van der Waals surface area contributed by atoms with Crippen LogP contribution in [0.4, 0.5) is 0 Å². The molecular formula is C140H86O4. The number of rotatable bonds is 8. The van der Waals surface area contributed by atoms with Gasteiger partial charge in [0.25, 0.3) is 0 Å². The predicted molar refractivity (Wildman–Crippen MR) is 611 cm³/mol. The molecule has 0 saturated heterocycles. The SMILES string of the molecule is c1ccc(-c2c3ccccc3c(-c3cc4ccccc4c4oc5ccccc5c34)c3ccccc23)cc1.c1ccc(-c2c3ccccc3c(-c3ccc4oc5cc6ccccc6cc5c4c3)c3ccccc23)cc1.c1ccc(-c2c3ccccc3c(-c3ccc4oc5ccccc5c4c3)c3ccccc23)cc1.c1ccc2c(-c3c4ccccc4c(-c4ccc5oc6ccccc6c5c4)c4ccccc34)cccc2c1. The lowest BCUT2D eigenvalue weighted by atomic mass is 9.84. The van der Waals surface area contributed by atoms with Gasteiger partial charge in [0.05, 0.1) is 0 Å². The number of hydrogen-bond donors (Lipinski definition) is 0. The van der Waals surface area contributed by atoms with Gasteiger partial charge >= 0.3 is 0 Å². The Morgan fingerprint density at radius 2 is 0.347 bits per heavy atom. The van der Waals surface area contributed by atoms with Gasteiger partial charge in [-0.3, -0.25) is 0 Å². The van der Waals surface area contributed by atoms with E-state index in [2.05, 4.69) is 491 Å². The zero-order chi connectivity index (χ0) is 94.8. The summed E-state index contributed by atoms with van der Waals surface area (Å²) < 4.78 is 25.1. The van der Waals surface area contributed by atoms with Crippen LogP contribution in [0.5, 0.6) is 0 Å². The summed E-state index contributed by atoms with van der Waals surface area (Å²) in [5.74, 6) is 0. The lowest BCUT2D eigenvalue weighted by molar-refractivity contribution is 0.668. The molecule has 0 amide bonds. The second-order valence-electron chi connectivity index (χ2n) is 37.6. The minimum atomic E-state index is 0.920. The van der Waals surface area contributed by atoms with Crippen LogP contribution in [-0.2, 0) is 0 Å². The van der Waals surface area contributed by atoms with Crippen LogP contribution in [0.2, 0.25) is 0 Å². The second-order valence-corrected chi connectivity index (χ2v) is 37.6. The van der Waals surface area contributed by atoms with Crippen LogP contribution in [0.25, 0.3) is 295 Å². The molecule has 670 valence electrons. The van der Waals surface area contributed by atoms with Gasteiger partial charge in [0.1, 0.15) is 44.7 Å². The molecule has 27 aromatic carbocycles. The number of furan rings is 4. The Morgan fingerprint density at radius 3 is 0.722 bits per heavy atom. The van der Waals surface area contributed by atoms with Gasteiger partial charge in [0.2, 0.25) is 0 Å². The summed E-state index contributed by atoms with van der Waals surface area (Å²) in [4.78, 5) is 0. The van der Waals surface area contributed by atoms with Crippen LogP contribution < -0.4 is 0 Å². The summed E-state index contributed by atoms with van der Waals surface area (Å²) in [5, 5.41) is 36.8. The third-order valence-electron chi connectivity index (χ3n) is 29.6. The normalized spacial score (nSPS) is 11.8. The van der Waals surface area contributed by atoms with Crippen molar-refractivity contribution in [2.75, 3.05) is 0 Å². The van der Waals surface area contributed by atoms with Crippen molar-refractivity contribution in [2.24, 2.45) is 0 Å². The Morgan fingerprint density at radius 1 is 0.104 bits per heavy atom. The lowest BCUT2D eigenvalue weighted by Gasteiger charge is -2.18. The van der Waals surface area contributed by atoms with Crippen molar-refractivity contribution in [3.8, 4) is 89.0 Å². The minimum Gasteiger partial charge on any atom is -0.456 e. The smallest absolute Gasteiger partial charge is 0.143 e. The Bertz CT molecular complexity index is 10400. The number of fused-ring (bicyclic) bond motifs is 24. The van der Waals surface area contributed by atoms with Gasteiger partial charge in [-0.25, -0.2) is 0 Å². The molecule has 4 heterocycles. The first-order valence-corrected chi connectivity index (χ1v) is 49.4. The van der Waals surface area contributed by atoms with Gasteiger partial charge in [-0.05, 0) is 275 Å². The van der Waals surface area contributed by atoms with Crippen LogP contribution in [0.3, 0.4) is 0 Å². The summed E-state index contributed by atoms with van der Waals surface area (Å²) in [6.07, 6.45) is 0. The average molecular weight is 1830 g/mol. The molecule has 0 aliphatic rings. The highest BCUT2D eigenvalue weighted by molar-refractivity contribution is 6.31. The fourth-order valence-corrected chi connectivity index (χ4v) is 23.4. The Balaban J connectivity index is 0.0000000935. The van der Waals surface area contributed by atoms with Gasteiger partial charge in [-0.15, -0.1) is 0 Å². The van der Waals surface area contributed by atoms with Crippen molar-refractivity contribution in [3.05, 3.63) is 522 Å². The fraction of sp³-hybridized carbons (Fsp3) is 0. The topological polar surface area (TPSA) is 52.6 Å². The van der Waals surface area contributed by atoms with Gasteiger partial charge in [-0.1, -0.05) is 449 Å². The summed E-state index contributed by atoms with van der Waals surface area (Å²) >= 11 is 0. The summed E-state index contributed by atoms with van der Waals surface area (Å²) in [5.41, 5.74) is 27.5. The Hall–Kier alpha value is -19.0. The molecule has 4 heteroatoms. The van der Waals surface area contributed by atoms with Crippen LogP contribution >= 0.6 is 0 Å². The maximum Gasteiger partial charge on any atom is 0.143 e. The van der Waals surface area contributed by atoms with Crippen molar-refractivity contribution >= 4 is 206 Å². The van der Waals surface area contributed by atoms with Crippen molar-refractivity contribution in [3.63, 3.8) is 0 Å². The monoisotopic (exact) mass is 1830 g/mol. The molecular weight excluding hydrogens is 1750 g/mol. The molecule has 0 fully saturated rings. The van der Waals surface area contributed by atoms with E-state index in [-0.39, 0.29) is 0 Å². The van der Waals surface area contributed by atoms with Gasteiger partial charge < -0.3 is 17.7 Å². The molecule has 31 rings (SSSR count). The molecule has 0 aliphatic carbocycles. The van der Waals surface area contributed by atoms with E-state index in [4.69, 9.17) is 17.7 Å². The fourth-order valence-electron chi connectivity index (χ4n) is 23.4. The zero-order valence-corrected chi connectivity index (χ0v) is 78.3. The minimum absolute atomic E-state index is 0.920. The van der Waals surface area contributed by atoms with E-state index in [1.807, 2.05) is 30.3 Å². The van der Waals surface area contributed by atoms with Crippen LogP contribution in [-0.4, -0.2) is 0 Å². The molecule has 4 aromatic heterocycles. The third-order valence-corrected chi connectivity index (χ3v) is 29.6. The van der Waals surface area contributed by atoms with Gasteiger partial charge in [0.15, 0.2) is 0 Å². The summed E-state index contributed by atoms with van der Waals surface area (Å²) in [6, 6.07) is 187. The van der Waals surface area contributed by atoms with E-state index in [0.717, 1.165) is 87.8 Å². The second kappa shape index (κ2) is 34.6. The highest BCUT2D eigenvalue weighted by Gasteiger charge is 2.27. The molecule has 0 atom stereocenters. The van der Waals surface area contributed by atoms with Crippen LogP contribution in [0.15, 0.2) is 539 Å². The first-order chi connectivity index (χ1) is 71.5. The van der Waals surface area contributed by atoms with Crippen LogP contribution in [0.1, 0.15) is 0 Å². The van der Waals surface area contributed by atoms with Crippen molar-refractivity contribution in [1.82, 2.24) is 0 Å². The quantitative estimate of drug-likeness (QED) is 0.142. The number of hydrogen-bond acceptors (Lipinski definition) is 4. The van der Waals surface area contributed by atoms with E-state index in [0.29, 0.717) is 0 Å². The largest absolute Gasteiger partial charge is 0.456 e. The molecule has 31 aromatic rings. The lowest BCUT2D eigenvalue weighted by Crippen LogP contribution is -1.91. The third kappa shape index (κ3) is 13.8. The molecule has 0 radical (unpaired) electrons. The van der Waals surface area contributed by atoms with E-state index < -0.39 is 0 Å². The molecule has 0 spiro atoms. The van der Waals surface area contributed by atoms with Gasteiger partial charge in [-0.2, -0.15) is 0 Å². The van der Waals surface area contributed by atoms with Gasteiger partial charge in [0, 0.05) is 48.5 Å².